The molecular formula is C17H13Cl2FN2OS. The van der Waals surface area contributed by atoms with E-state index in [0.29, 0.717) is 45.2 Å². The molecule has 3 rings (SSSR count). The fourth-order valence-electron chi connectivity index (χ4n) is 2.29. The molecule has 2 aromatic rings. The van der Waals surface area contributed by atoms with Gasteiger partial charge in [0.1, 0.15) is 5.82 Å². The third-order valence-electron chi connectivity index (χ3n) is 3.55. The zero-order valence-electron chi connectivity index (χ0n) is 12.5. The van der Waals surface area contributed by atoms with Gasteiger partial charge in [0, 0.05) is 33.5 Å². The molecule has 1 amide bonds. The Labute approximate surface area is 153 Å². The second-order valence-corrected chi connectivity index (χ2v) is 6.90. The molecule has 2 aromatic carbocycles. The predicted octanol–water partition coefficient (Wildman–Crippen LogP) is 4.88. The van der Waals surface area contributed by atoms with E-state index in [0.717, 1.165) is 0 Å². The Kier molecular flexibility index (Phi) is 5.43. The van der Waals surface area contributed by atoms with Gasteiger partial charge in [0.05, 0.1) is 6.54 Å². The number of nitrogens with zero attached hydrogens (tertiary/aromatic N) is 2. The first-order valence-corrected chi connectivity index (χ1v) is 8.98. The molecule has 3 nitrogen and oxygen atoms in total. The molecular weight excluding hydrogens is 370 g/mol. The Bertz CT molecular complexity index is 775. The highest BCUT2D eigenvalue weighted by Crippen LogP contribution is 2.27. The van der Waals surface area contributed by atoms with E-state index in [9.17, 15) is 9.18 Å². The Morgan fingerprint density at radius 2 is 1.96 bits per heavy atom. The van der Waals surface area contributed by atoms with Gasteiger partial charge < -0.3 is 0 Å². The van der Waals surface area contributed by atoms with Crippen molar-refractivity contribution in [2.45, 2.75) is 5.75 Å². The lowest BCUT2D eigenvalue weighted by atomic mass is 10.2. The zero-order valence-corrected chi connectivity index (χ0v) is 14.8. The highest BCUT2D eigenvalue weighted by Gasteiger charge is 2.25. The number of carbonyl (C=O) groups excluding carboxylic acids is 1. The van der Waals surface area contributed by atoms with Crippen molar-refractivity contribution in [3.8, 4) is 0 Å². The molecule has 7 heteroatoms. The van der Waals surface area contributed by atoms with Crippen LogP contribution in [0.5, 0.6) is 0 Å². The van der Waals surface area contributed by atoms with Crippen LogP contribution in [0.4, 0.5) is 4.39 Å². The number of hydrogen-bond donors (Lipinski definition) is 0. The fraction of sp³-hybridized carbons (Fsp3) is 0.176. The summed E-state index contributed by atoms with van der Waals surface area (Å²) in [4.78, 5) is 18.6. The lowest BCUT2D eigenvalue weighted by Crippen LogP contribution is -2.32. The quantitative estimate of drug-likeness (QED) is 0.757. The summed E-state index contributed by atoms with van der Waals surface area (Å²) in [6, 6.07) is 11.3. The van der Waals surface area contributed by atoms with Gasteiger partial charge in [0.25, 0.3) is 5.91 Å². The standard InChI is InChI=1S/C17H13Cl2FN2OS/c18-12-6-4-11(5-7-12)16(23)22-9-8-21-17(22)24-10-13-14(19)2-1-3-15(13)20/h1-7H,8-10H2. The SMILES string of the molecule is O=C(c1ccc(Cl)cc1)N1CCN=C1SCc1c(F)cccc1Cl. The zero-order chi connectivity index (χ0) is 17.1. The molecule has 0 saturated carbocycles. The van der Waals surface area contributed by atoms with Crippen LogP contribution in [-0.2, 0) is 5.75 Å². The van der Waals surface area contributed by atoms with Crippen LogP contribution in [0.15, 0.2) is 47.5 Å². The smallest absolute Gasteiger partial charge is 0.259 e. The second kappa shape index (κ2) is 7.55. The van der Waals surface area contributed by atoms with Crippen LogP contribution in [0.1, 0.15) is 15.9 Å². The van der Waals surface area contributed by atoms with Crippen LogP contribution in [0.2, 0.25) is 10.0 Å². The first kappa shape index (κ1) is 17.3. The normalized spacial score (nSPS) is 14.0. The summed E-state index contributed by atoms with van der Waals surface area (Å²) in [5, 5.41) is 1.52. The summed E-state index contributed by atoms with van der Waals surface area (Å²) in [5.41, 5.74) is 0.955. The van der Waals surface area contributed by atoms with Gasteiger partial charge in [0.15, 0.2) is 5.17 Å². The van der Waals surface area contributed by atoms with Crippen LogP contribution in [-0.4, -0.2) is 29.1 Å². The van der Waals surface area contributed by atoms with Crippen molar-refractivity contribution >= 4 is 46.0 Å². The van der Waals surface area contributed by atoms with Crippen molar-refractivity contribution in [1.29, 1.82) is 0 Å². The molecule has 0 saturated heterocycles. The minimum Gasteiger partial charge on any atom is -0.286 e. The van der Waals surface area contributed by atoms with Gasteiger partial charge in [-0.2, -0.15) is 0 Å². The van der Waals surface area contributed by atoms with E-state index in [1.807, 2.05) is 0 Å². The van der Waals surface area contributed by atoms with E-state index in [1.54, 1.807) is 41.3 Å². The number of aliphatic imine (C=N–C) groups is 1. The van der Waals surface area contributed by atoms with E-state index in [4.69, 9.17) is 23.2 Å². The number of thioether (sulfide) groups is 1. The third kappa shape index (κ3) is 3.74. The number of carbonyl (C=O) groups is 1. The minimum absolute atomic E-state index is 0.143. The van der Waals surface area contributed by atoms with Crippen LogP contribution in [0, 0.1) is 5.82 Å². The maximum atomic E-state index is 13.9. The summed E-state index contributed by atoms with van der Waals surface area (Å²) in [6.07, 6.45) is 0. The minimum atomic E-state index is -0.357. The van der Waals surface area contributed by atoms with Crippen molar-refractivity contribution in [1.82, 2.24) is 4.90 Å². The average molecular weight is 383 g/mol. The predicted molar refractivity (Wildman–Crippen MR) is 97.5 cm³/mol. The molecule has 0 aromatic heterocycles. The number of hydrogen-bond acceptors (Lipinski definition) is 3. The summed E-state index contributed by atoms with van der Waals surface area (Å²) < 4.78 is 13.9. The molecule has 0 spiro atoms. The van der Waals surface area contributed by atoms with Crippen LogP contribution in [0.3, 0.4) is 0 Å². The van der Waals surface area contributed by atoms with E-state index >= 15 is 0 Å². The molecule has 0 N–H and O–H groups in total. The molecule has 1 heterocycles. The van der Waals surface area contributed by atoms with Gasteiger partial charge in [-0.05, 0) is 36.4 Å². The number of amides is 1. The molecule has 0 bridgehead atoms. The summed E-state index contributed by atoms with van der Waals surface area (Å²) in [7, 11) is 0. The van der Waals surface area contributed by atoms with E-state index in [2.05, 4.69) is 4.99 Å². The summed E-state index contributed by atoms with van der Waals surface area (Å²) in [5.74, 6) is -0.186. The number of amidine groups is 1. The van der Waals surface area contributed by atoms with Crippen LogP contribution >= 0.6 is 35.0 Å². The monoisotopic (exact) mass is 382 g/mol. The van der Waals surface area contributed by atoms with Crippen molar-refractivity contribution in [3.63, 3.8) is 0 Å². The van der Waals surface area contributed by atoms with Crippen molar-refractivity contribution < 1.29 is 9.18 Å². The number of benzene rings is 2. The Hall–Kier alpha value is -1.56. The fourth-order valence-corrected chi connectivity index (χ4v) is 3.81. The molecule has 0 unspecified atom stereocenters. The lowest BCUT2D eigenvalue weighted by molar-refractivity contribution is 0.0860. The lowest BCUT2D eigenvalue weighted by Gasteiger charge is -2.18. The molecule has 0 atom stereocenters. The van der Waals surface area contributed by atoms with Gasteiger partial charge >= 0.3 is 0 Å². The topological polar surface area (TPSA) is 32.7 Å². The second-order valence-electron chi connectivity index (χ2n) is 5.12. The maximum absolute atomic E-state index is 13.9. The van der Waals surface area contributed by atoms with Gasteiger partial charge in [-0.15, -0.1) is 0 Å². The largest absolute Gasteiger partial charge is 0.286 e. The van der Waals surface area contributed by atoms with Gasteiger partial charge in [-0.3, -0.25) is 14.7 Å². The summed E-state index contributed by atoms with van der Waals surface area (Å²) in [6.45, 7) is 1.04. The number of halogens is 3. The average Bonchev–Trinajstić information content (AvgIpc) is 3.03. The number of rotatable bonds is 3. The first-order valence-electron chi connectivity index (χ1n) is 7.24. The van der Waals surface area contributed by atoms with Crippen LogP contribution < -0.4 is 0 Å². The van der Waals surface area contributed by atoms with Crippen molar-refractivity contribution in [2.24, 2.45) is 4.99 Å². The van der Waals surface area contributed by atoms with Crippen molar-refractivity contribution in [3.05, 3.63) is 69.5 Å². The summed E-state index contributed by atoms with van der Waals surface area (Å²) >= 11 is 13.2. The molecule has 0 radical (unpaired) electrons. The molecule has 124 valence electrons. The van der Waals surface area contributed by atoms with E-state index in [1.165, 1.54) is 17.8 Å². The Morgan fingerprint density at radius 1 is 1.21 bits per heavy atom. The maximum Gasteiger partial charge on any atom is 0.259 e. The molecule has 1 aliphatic rings. The van der Waals surface area contributed by atoms with E-state index in [-0.39, 0.29) is 11.7 Å². The van der Waals surface area contributed by atoms with Gasteiger partial charge in [-0.25, -0.2) is 4.39 Å². The first-order chi connectivity index (χ1) is 11.6. The van der Waals surface area contributed by atoms with E-state index < -0.39 is 0 Å². The van der Waals surface area contributed by atoms with Crippen LogP contribution in [0.25, 0.3) is 0 Å². The molecule has 1 aliphatic heterocycles. The highest BCUT2D eigenvalue weighted by molar-refractivity contribution is 8.13. The molecule has 24 heavy (non-hydrogen) atoms. The Balaban J connectivity index is 1.72. The van der Waals surface area contributed by atoms with Crippen molar-refractivity contribution in [2.75, 3.05) is 13.1 Å². The Morgan fingerprint density at radius 3 is 2.67 bits per heavy atom. The van der Waals surface area contributed by atoms with Gasteiger partial charge in [0.2, 0.25) is 0 Å². The highest BCUT2D eigenvalue weighted by atomic mass is 35.5. The molecule has 0 aliphatic carbocycles. The molecule has 0 fully saturated rings. The third-order valence-corrected chi connectivity index (χ3v) is 5.19. The van der Waals surface area contributed by atoms with Gasteiger partial charge in [-0.1, -0.05) is 41.0 Å².